The predicted molar refractivity (Wildman–Crippen MR) is 93.8 cm³/mol. The third kappa shape index (κ3) is 3.33. The Bertz CT molecular complexity index is 916. The summed E-state index contributed by atoms with van der Waals surface area (Å²) < 4.78 is 7.13. The van der Waals surface area contributed by atoms with Crippen LogP contribution in [0.5, 0.6) is 5.75 Å². The topological polar surface area (TPSA) is 55.2 Å². The van der Waals surface area contributed by atoms with E-state index >= 15 is 0 Å². The minimum atomic E-state index is 0.388. The first kappa shape index (κ1) is 15.5. The van der Waals surface area contributed by atoms with E-state index in [0.29, 0.717) is 15.6 Å². The molecule has 3 aromatic rings. The summed E-state index contributed by atoms with van der Waals surface area (Å²) in [5.41, 5.74) is 1.64. The number of nitrogens with one attached hydrogen (secondary N) is 1. The number of methoxy groups -OCH3 is 1. The lowest BCUT2D eigenvalue weighted by molar-refractivity contribution is 0.415. The zero-order valence-electron chi connectivity index (χ0n) is 12.2. The fourth-order valence-corrected chi connectivity index (χ4v) is 2.46. The van der Waals surface area contributed by atoms with Crippen LogP contribution in [-0.4, -0.2) is 28.2 Å². The Morgan fingerprint density at radius 2 is 2.09 bits per heavy atom. The molecule has 0 aliphatic carbocycles. The molecule has 1 heterocycles. The maximum Gasteiger partial charge on any atom is 0.216 e. The molecule has 0 saturated heterocycles. The lowest BCUT2D eigenvalue weighted by atomic mass is 10.2. The molecule has 1 aromatic heterocycles. The van der Waals surface area contributed by atoms with E-state index in [1.807, 2.05) is 42.5 Å². The highest BCUT2D eigenvalue weighted by Crippen LogP contribution is 2.25. The Hall–Kier alpha value is -2.44. The van der Waals surface area contributed by atoms with Gasteiger partial charge in [0.1, 0.15) is 5.75 Å². The van der Waals surface area contributed by atoms with Crippen LogP contribution in [-0.2, 0) is 0 Å². The van der Waals surface area contributed by atoms with Crippen LogP contribution in [0.1, 0.15) is 5.56 Å². The number of ether oxygens (including phenoxy) is 1. The van der Waals surface area contributed by atoms with E-state index in [9.17, 15) is 0 Å². The molecule has 0 unspecified atom stereocenters. The molecule has 2 aromatic carbocycles. The molecule has 0 aliphatic heterocycles. The first-order valence-corrected chi connectivity index (χ1v) is 7.58. The fraction of sp³-hybridized carbons (Fsp3) is 0.0625. The van der Waals surface area contributed by atoms with Crippen molar-refractivity contribution in [3.05, 3.63) is 63.9 Å². The minimum Gasteiger partial charge on any atom is -0.497 e. The van der Waals surface area contributed by atoms with Gasteiger partial charge in [0.05, 0.1) is 18.3 Å². The number of hydrogen-bond acceptors (Lipinski definition) is 4. The van der Waals surface area contributed by atoms with Crippen LogP contribution in [0.3, 0.4) is 0 Å². The second-order valence-corrected chi connectivity index (χ2v) is 5.46. The maximum absolute atomic E-state index is 6.23. The molecule has 0 radical (unpaired) electrons. The fourth-order valence-electron chi connectivity index (χ4n) is 2.06. The number of aromatic amines is 1. The minimum absolute atomic E-state index is 0.388. The Kier molecular flexibility index (Phi) is 4.55. The predicted octanol–water partition coefficient (Wildman–Crippen LogP) is 4.15. The summed E-state index contributed by atoms with van der Waals surface area (Å²) >= 11 is 11.5. The van der Waals surface area contributed by atoms with E-state index in [2.05, 4.69) is 15.3 Å². The van der Waals surface area contributed by atoms with Crippen molar-refractivity contribution in [1.29, 1.82) is 0 Å². The molecule has 23 heavy (non-hydrogen) atoms. The summed E-state index contributed by atoms with van der Waals surface area (Å²) in [6.45, 7) is 0. The molecule has 0 fully saturated rings. The van der Waals surface area contributed by atoms with Crippen LogP contribution in [0.25, 0.3) is 11.4 Å². The maximum atomic E-state index is 6.23. The van der Waals surface area contributed by atoms with Gasteiger partial charge in [-0.1, -0.05) is 35.9 Å². The molecule has 0 atom stereocenters. The van der Waals surface area contributed by atoms with Crippen LogP contribution < -0.4 is 4.74 Å². The van der Waals surface area contributed by atoms with Crippen molar-refractivity contribution in [3.63, 3.8) is 0 Å². The molecule has 0 spiro atoms. The van der Waals surface area contributed by atoms with Crippen LogP contribution in [0.2, 0.25) is 5.02 Å². The third-order valence-electron chi connectivity index (χ3n) is 3.18. The first-order valence-electron chi connectivity index (χ1n) is 6.80. The Labute approximate surface area is 143 Å². The van der Waals surface area contributed by atoms with Crippen LogP contribution in [0, 0.1) is 4.77 Å². The van der Waals surface area contributed by atoms with Crippen molar-refractivity contribution < 1.29 is 4.74 Å². The number of rotatable bonds is 4. The van der Waals surface area contributed by atoms with Gasteiger partial charge in [0.25, 0.3) is 0 Å². The smallest absolute Gasteiger partial charge is 0.216 e. The molecule has 0 aliphatic rings. The van der Waals surface area contributed by atoms with Crippen molar-refractivity contribution in [2.24, 2.45) is 5.10 Å². The molecule has 7 heteroatoms. The second-order valence-electron chi connectivity index (χ2n) is 4.67. The monoisotopic (exact) mass is 344 g/mol. The van der Waals surface area contributed by atoms with Gasteiger partial charge in [-0.05, 0) is 42.0 Å². The molecular weight excluding hydrogens is 332 g/mol. The van der Waals surface area contributed by atoms with Crippen molar-refractivity contribution >= 4 is 30.0 Å². The Morgan fingerprint density at radius 1 is 1.26 bits per heavy atom. The highest BCUT2D eigenvalue weighted by atomic mass is 35.5. The number of nitrogens with zero attached hydrogens (tertiary/aromatic N) is 3. The SMILES string of the molecule is COc1cccc(/C=N\n2c(-c3ccccc3Cl)n[nH]c2=S)c1. The highest BCUT2D eigenvalue weighted by Gasteiger charge is 2.11. The molecule has 3 rings (SSSR count). The average molecular weight is 345 g/mol. The number of aromatic nitrogens is 3. The van der Waals surface area contributed by atoms with Gasteiger partial charge in [-0.25, -0.2) is 5.10 Å². The van der Waals surface area contributed by atoms with Gasteiger partial charge in [0, 0.05) is 5.56 Å². The van der Waals surface area contributed by atoms with E-state index in [4.69, 9.17) is 28.6 Å². The number of hydrogen-bond donors (Lipinski definition) is 1. The van der Waals surface area contributed by atoms with Crippen molar-refractivity contribution in [2.75, 3.05) is 7.11 Å². The van der Waals surface area contributed by atoms with E-state index in [1.165, 1.54) is 4.68 Å². The van der Waals surface area contributed by atoms with Gasteiger partial charge in [-0.15, -0.1) is 0 Å². The van der Waals surface area contributed by atoms with Crippen molar-refractivity contribution in [2.45, 2.75) is 0 Å². The van der Waals surface area contributed by atoms with E-state index < -0.39 is 0 Å². The van der Waals surface area contributed by atoms with E-state index in [-0.39, 0.29) is 0 Å². The van der Waals surface area contributed by atoms with Crippen LogP contribution >= 0.6 is 23.8 Å². The highest BCUT2D eigenvalue weighted by molar-refractivity contribution is 7.71. The summed E-state index contributed by atoms with van der Waals surface area (Å²) in [4.78, 5) is 0. The number of halogens is 1. The van der Waals surface area contributed by atoms with Gasteiger partial charge >= 0.3 is 0 Å². The zero-order chi connectivity index (χ0) is 16.2. The summed E-state index contributed by atoms with van der Waals surface area (Å²) in [6.07, 6.45) is 1.69. The standard InChI is InChI=1S/C16H13ClN4OS/c1-22-12-6-4-5-11(9-12)10-18-21-15(19-20-16(21)23)13-7-2-3-8-14(13)17/h2-10H,1H3,(H,20,23)/b18-10-. The molecular formula is C16H13ClN4OS. The zero-order valence-corrected chi connectivity index (χ0v) is 13.8. The lowest BCUT2D eigenvalue weighted by Gasteiger charge is -2.03. The van der Waals surface area contributed by atoms with Gasteiger partial charge in [0.2, 0.25) is 4.77 Å². The molecule has 0 saturated carbocycles. The average Bonchev–Trinajstić information content (AvgIpc) is 2.94. The quantitative estimate of drug-likeness (QED) is 0.571. The molecule has 0 amide bonds. The first-order chi connectivity index (χ1) is 11.2. The van der Waals surface area contributed by atoms with Gasteiger partial charge in [0.15, 0.2) is 5.82 Å². The van der Waals surface area contributed by atoms with Crippen LogP contribution in [0.15, 0.2) is 53.6 Å². The summed E-state index contributed by atoms with van der Waals surface area (Å²) in [5.74, 6) is 1.32. The normalized spacial score (nSPS) is 11.0. The van der Waals surface area contributed by atoms with Gasteiger partial charge in [-0.3, -0.25) is 0 Å². The second kappa shape index (κ2) is 6.76. The van der Waals surface area contributed by atoms with Gasteiger partial charge < -0.3 is 4.74 Å². The molecule has 116 valence electrons. The van der Waals surface area contributed by atoms with Crippen LogP contribution in [0.4, 0.5) is 0 Å². The molecule has 5 nitrogen and oxygen atoms in total. The van der Waals surface area contributed by atoms with E-state index in [1.54, 1.807) is 19.4 Å². The number of H-pyrrole nitrogens is 1. The van der Waals surface area contributed by atoms with Crippen molar-refractivity contribution in [3.8, 4) is 17.1 Å². The Balaban J connectivity index is 2.01. The molecule has 1 N–H and O–H groups in total. The van der Waals surface area contributed by atoms with E-state index in [0.717, 1.165) is 16.9 Å². The molecule has 0 bridgehead atoms. The largest absolute Gasteiger partial charge is 0.497 e. The number of benzene rings is 2. The summed E-state index contributed by atoms with van der Waals surface area (Å²) in [7, 11) is 1.62. The summed E-state index contributed by atoms with van der Waals surface area (Å²) in [6, 6.07) is 15.0. The summed E-state index contributed by atoms with van der Waals surface area (Å²) in [5, 5.41) is 11.9. The lowest BCUT2D eigenvalue weighted by Crippen LogP contribution is -1.95. The third-order valence-corrected chi connectivity index (χ3v) is 3.78. The van der Waals surface area contributed by atoms with Gasteiger partial charge in [-0.2, -0.15) is 14.9 Å². The Morgan fingerprint density at radius 3 is 2.87 bits per heavy atom. The van der Waals surface area contributed by atoms with Crippen molar-refractivity contribution in [1.82, 2.24) is 14.9 Å².